The average Bonchev–Trinajstić information content (AvgIpc) is 2.86. The molecule has 37 heavy (non-hydrogen) atoms. The summed E-state index contributed by atoms with van der Waals surface area (Å²) in [7, 11) is 0. The van der Waals surface area contributed by atoms with Crippen LogP contribution in [0.1, 0.15) is 48.5 Å². The number of nitrogens with zero attached hydrogens (tertiary/aromatic N) is 4. The van der Waals surface area contributed by atoms with Crippen LogP contribution in [-0.2, 0) is 11.8 Å². The van der Waals surface area contributed by atoms with E-state index in [1.165, 1.54) is 17.2 Å². The van der Waals surface area contributed by atoms with Crippen molar-refractivity contribution in [1.82, 2.24) is 30.5 Å². The lowest BCUT2D eigenvalue weighted by atomic mass is 9.85. The number of ether oxygens (including phenoxy) is 1. The number of aryl methyl sites for hydroxylation is 1. The number of amides is 3. The molecular formula is C23H29F3N6O5. The molecule has 1 saturated heterocycles. The number of pyridine rings is 1. The van der Waals surface area contributed by atoms with E-state index in [1.807, 2.05) is 0 Å². The van der Waals surface area contributed by atoms with Crippen molar-refractivity contribution in [2.75, 3.05) is 32.8 Å². The first-order chi connectivity index (χ1) is 17.4. The Balaban J connectivity index is 1.92. The van der Waals surface area contributed by atoms with Gasteiger partial charge in [-0.05, 0) is 32.8 Å². The van der Waals surface area contributed by atoms with Gasteiger partial charge in [0.2, 0.25) is 5.88 Å². The van der Waals surface area contributed by atoms with Gasteiger partial charge in [0.25, 0.3) is 0 Å². The van der Waals surface area contributed by atoms with E-state index in [1.54, 1.807) is 13.8 Å². The minimum absolute atomic E-state index is 0.218. The molecule has 11 nitrogen and oxygen atoms in total. The van der Waals surface area contributed by atoms with Crippen LogP contribution in [0.5, 0.6) is 5.88 Å². The minimum atomic E-state index is -4.68. The molecule has 3 heterocycles. The van der Waals surface area contributed by atoms with Gasteiger partial charge in [-0.25, -0.2) is 24.5 Å². The van der Waals surface area contributed by atoms with Crippen LogP contribution in [0.25, 0.3) is 0 Å². The van der Waals surface area contributed by atoms with Crippen molar-refractivity contribution in [3.05, 3.63) is 47.2 Å². The SMILES string of the molecule is CCNC(=O)NCC(O)(COc1cccc(C(F)(F)F)n1)c1cnc(C)nc1C1CCN(C(=O)O)CC1. The fraction of sp³-hybridized carbons (Fsp3) is 0.522. The first kappa shape index (κ1) is 27.9. The second-order valence-corrected chi connectivity index (χ2v) is 8.65. The summed E-state index contributed by atoms with van der Waals surface area (Å²) in [5, 5.41) is 26.1. The molecule has 14 heteroatoms. The zero-order chi connectivity index (χ0) is 27.2. The third-order valence-corrected chi connectivity index (χ3v) is 5.94. The van der Waals surface area contributed by atoms with Gasteiger partial charge < -0.3 is 30.5 Å². The smallest absolute Gasteiger partial charge is 0.433 e. The number of carbonyl (C=O) groups is 2. The van der Waals surface area contributed by atoms with E-state index in [0.717, 1.165) is 12.1 Å². The predicted octanol–water partition coefficient (Wildman–Crippen LogP) is 2.64. The third kappa shape index (κ3) is 7.18. The first-order valence-corrected chi connectivity index (χ1v) is 11.7. The molecule has 1 unspecified atom stereocenters. The fourth-order valence-electron chi connectivity index (χ4n) is 4.02. The van der Waals surface area contributed by atoms with E-state index >= 15 is 0 Å². The Hall–Kier alpha value is -3.68. The van der Waals surface area contributed by atoms with Gasteiger partial charge in [-0.2, -0.15) is 13.2 Å². The van der Waals surface area contributed by atoms with Crippen LogP contribution < -0.4 is 15.4 Å². The number of urea groups is 1. The van der Waals surface area contributed by atoms with E-state index in [-0.39, 0.29) is 37.0 Å². The van der Waals surface area contributed by atoms with Gasteiger partial charge in [0.05, 0.1) is 12.2 Å². The maximum Gasteiger partial charge on any atom is 0.433 e. The molecule has 1 atom stereocenters. The Morgan fingerprint density at radius 1 is 1.19 bits per heavy atom. The van der Waals surface area contributed by atoms with Gasteiger partial charge in [0.15, 0.2) is 0 Å². The number of aromatic nitrogens is 3. The second kappa shape index (κ2) is 11.6. The Morgan fingerprint density at radius 3 is 2.51 bits per heavy atom. The molecule has 4 N–H and O–H groups in total. The molecule has 0 aromatic carbocycles. The third-order valence-electron chi connectivity index (χ3n) is 5.94. The van der Waals surface area contributed by atoms with E-state index in [9.17, 15) is 33.0 Å². The Labute approximate surface area is 211 Å². The van der Waals surface area contributed by atoms with Crippen molar-refractivity contribution < 1.29 is 37.7 Å². The van der Waals surface area contributed by atoms with Crippen LogP contribution in [0.2, 0.25) is 0 Å². The van der Waals surface area contributed by atoms with Crippen LogP contribution in [-0.4, -0.2) is 75.0 Å². The molecule has 1 fully saturated rings. The molecule has 2 aromatic rings. The van der Waals surface area contributed by atoms with Crippen molar-refractivity contribution in [3.8, 4) is 5.88 Å². The van der Waals surface area contributed by atoms with Gasteiger partial charge in [-0.15, -0.1) is 0 Å². The maximum atomic E-state index is 13.1. The number of likely N-dealkylation sites (tertiary alicyclic amines) is 1. The predicted molar refractivity (Wildman–Crippen MR) is 124 cm³/mol. The normalized spacial score (nSPS) is 16.1. The number of hydrogen-bond acceptors (Lipinski definition) is 7. The van der Waals surface area contributed by atoms with Crippen molar-refractivity contribution in [3.63, 3.8) is 0 Å². The number of aliphatic hydroxyl groups is 1. The lowest BCUT2D eigenvalue weighted by Gasteiger charge is -2.34. The molecule has 0 radical (unpaired) electrons. The largest absolute Gasteiger partial charge is 0.474 e. The Morgan fingerprint density at radius 2 is 1.89 bits per heavy atom. The zero-order valence-electron chi connectivity index (χ0n) is 20.4. The lowest BCUT2D eigenvalue weighted by Crippen LogP contribution is -2.48. The quantitative estimate of drug-likeness (QED) is 0.410. The summed E-state index contributed by atoms with van der Waals surface area (Å²) in [5.41, 5.74) is -2.43. The minimum Gasteiger partial charge on any atom is -0.474 e. The summed E-state index contributed by atoms with van der Waals surface area (Å²) in [4.78, 5) is 36.8. The van der Waals surface area contributed by atoms with Gasteiger partial charge in [-0.1, -0.05) is 6.07 Å². The number of rotatable bonds is 8. The molecular weight excluding hydrogens is 497 g/mol. The van der Waals surface area contributed by atoms with E-state index in [0.29, 0.717) is 30.9 Å². The molecule has 0 bridgehead atoms. The molecule has 202 valence electrons. The van der Waals surface area contributed by atoms with Gasteiger partial charge in [-0.3, -0.25) is 0 Å². The molecule has 3 rings (SSSR count). The summed E-state index contributed by atoms with van der Waals surface area (Å²) < 4.78 is 44.8. The van der Waals surface area contributed by atoms with Gasteiger partial charge in [0.1, 0.15) is 23.7 Å². The number of nitrogens with one attached hydrogen (secondary N) is 2. The number of alkyl halides is 3. The number of carbonyl (C=O) groups excluding carboxylic acids is 1. The monoisotopic (exact) mass is 526 g/mol. The summed E-state index contributed by atoms with van der Waals surface area (Å²) in [6.45, 7) is 3.30. The Bertz CT molecular complexity index is 1110. The van der Waals surface area contributed by atoms with E-state index in [2.05, 4.69) is 25.6 Å². The van der Waals surface area contributed by atoms with Gasteiger partial charge >= 0.3 is 18.3 Å². The highest BCUT2D eigenvalue weighted by Gasteiger charge is 2.38. The number of piperidine rings is 1. The van der Waals surface area contributed by atoms with Crippen LogP contribution in [0.15, 0.2) is 24.4 Å². The highest BCUT2D eigenvalue weighted by atomic mass is 19.4. The fourth-order valence-corrected chi connectivity index (χ4v) is 4.02. The summed E-state index contributed by atoms with van der Waals surface area (Å²) in [6, 6.07) is 2.59. The molecule has 0 spiro atoms. The average molecular weight is 527 g/mol. The zero-order valence-corrected chi connectivity index (χ0v) is 20.4. The van der Waals surface area contributed by atoms with Crippen LogP contribution in [0.3, 0.4) is 0 Å². The molecule has 0 saturated carbocycles. The van der Waals surface area contributed by atoms with Crippen molar-refractivity contribution in [1.29, 1.82) is 0 Å². The number of carboxylic acid groups (broad SMARTS) is 1. The molecule has 2 aromatic heterocycles. The van der Waals surface area contributed by atoms with E-state index in [4.69, 9.17) is 4.74 Å². The Kier molecular flexibility index (Phi) is 8.73. The molecule has 1 aliphatic rings. The van der Waals surface area contributed by atoms with Gasteiger partial charge in [0, 0.05) is 43.4 Å². The highest BCUT2D eigenvalue weighted by molar-refractivity contribution is 5.73. The maximum absolute atomic E-state index is 13.1. The summed E-state index contributed by atoms with van der Waals surface area (Å²) in [5.74, 6) is -0.176. The molecule has 1 aliphatic heterocycles. The summed E-state index contributed by atoms with van der Waals surface area (Å²) >= 11 is 0. The van der Waals surface area contributed by atoms with Crippen LogP contribution in [0, 0.1) is 6.92 Å². The first-order valence-electron chi connectivity index (χ1n) is 11.7. The highest BCUT2D eigenvalue weighted by Crippen LogP contribution is 2.35. The number of halogens is 3. The van der Waals surface area contributed by atoms with Crippen molar-refractivity contribution in [2.45, 2.75) is 44.4 Å². The second-order valence-electron chi connectivity index (χ2n) is 8.65. The topological polar surface area (TPSA) is 150 Å². The summed E-state index contributed by atoms with van der Waals surface area (Å²) in [6.07, 6.45) is -3.44. The number of hydrogen-bond donors (Lipinski definition) is 4. The standard InChI is InChI=1S/C23H29F3N6O5/c1-3-27-20(33)29-12-22(36,13-37-18-6-4-5-17(31-18)23(24,25)26)16-11-28-14(2)30-19(16)15-7-9-32(10-8-15)21(34)35/h4-6,11,15,36H,3,7-10,12-13H2,1-2H3,(H,34,35)(H2,27,29,33). The lowest BCUT2D eigenvalue weighted by molar-refractivity contribution is -0.141. The van der Waals surface area contributed by atoms with Crippen LogP contribution >= 0.6 is 0 Å². The molecule has 0 aliphatic carbocycles. The van der Waals surface area contributed by atoms with E-state index < -0.39 is 36.2 Å². The van der Waals surface area contributed by atoms with Crippen molar-refractivity contribution in [2.24, 2.45) is 0 Å². The molecule has 3 amide bonds. The van der Waals surface area contributed by atoms with Crippen LogP contribution in [0.4, 0.5) is 22.8 Å². The van der Waals surface area contributed by atoms with Crippen molar-refractivity contribution >= 4 is 12.1 Å².